The van der Waals surface area contributed by atoms with Gasteiger partial charge >= 0.3 is 5.79 Å². The fraction of sp³-hybridized carbons (Fsp3) is 0.333. The van der Waals surface area contributed by atoms with E-state index in [-0.39, 0.29) is 5.75 Å². The average Bonchev–Trinajstić information content (AvgIpc) is 2.58. The number of aliphatic hydroxyl groups is 1. The third-order valence-electron chi connectivity index (χ3n) is 3.76. The minimum atomic E-state index is -4.43. The lowest BCUT2D eigenvalue weighted by atomic mass is 9.85. The molecule has 0 radical (unpaired) electrons. The van der Waals surface area contributed by atoms with Gasteiger partial charge in [-0.25, -0.2) is 13.2 Å². The highest BCUT2D eigenvalue weighted by Crippen LogP contribution is 2.48. The van der Waals surface area contributed by atoms with Gasteiger partial charge in [0.05, 0.1) is 17.6 Å². The van der Waals surface area contributed by atoms with Crippen LogP contribution in [0.5, 0.6) is 5.75 Å². The number of hydrogen-bond acceptors (Lipinski definition) is 4. The van der Waals surface area contributed by atoms with Crippen LogP contribution in [0.2, 0.25) is 0 Å². The van der Waals surface area contributed by atoms with Gasteiger partial charge in [0.15, 0.2) is 0 Å². The molecular weight excluding hydrogens is 353 g/mol. The Balaban J connectivity index is 2.79. The first-order valence-corrected chi connectivity index (χ1v) is 6.91. The number of alkyl halides is 2. The molecule has 5 nitrogen and oxygen atoms in total. The second-order valence-corrected chi connectivity index (χ2v) is 5.14. The number of methoxy groups -OCH3 is 1. The number of benzene rings is 1. The summed E-state index contributed by atoms with van der Waals surface area (Å²) < 4.78 is 76.4. The van der Waals surface area contributed by atoms with Crippen molar-refractivity contribution in [1.82, 2.24) is 0 Å². The quantitative estimate of drug-likeness (QED) is 0.376. The molecule has 0 heterocycles. The summed E-state index contributed by atoms with van der Waals surface area (Å²) in [7, 11) is 1.20. The number of allylic oxidation sites excluding steroid dienone is 2. The minimum Gasteiger partial charge on any atom is -0.497 e. The van der Waals surface area contributed by atoms with E-state index in [1.165, 1.54) is 7.11 Å². The lowest BCUT2D eigenvalue weighted by Crippen LogP contribution is -2.47. The molecule has 2 unspecified atom stereocenters. The van der Waals surface area contributed by atoms with Crippen LogP contribution in [0.25, 0.3) is 5.57 Å². The van der Waals surface area contributed by atoms with Gasteiger partial charge in [-0.2, -0.15) is 8.78 Å². The summed E-state index contributed by atoms with van der Waals surface area (Å²) in [6.07, 6.45) is -4.14. The Hall–Kier alpha value is -2.49. The number of hydrogen-bond donors (Lipinski definition) is 1. The fourth-order valence-electron chi connectivity index (χ4n) is 2.48. The highest BCUT2D eigenvalue weighted by atomic mass is 19.2. The predicted molar refractivity (Wildman–Crippen MR) is 76.5 cm³/mol. The molecule has 10 heteroatoms. The van der Waals surface area contributed by atoms with Gasteiger partial charge in [-0.1, -0.05) is 0 Å². The van der Waals surface area contributed by atoms with Crippen molar-refractivity contribution >= 4 is 5.57 Å². The second kappa shape index (κ2) is 6.79. The van der Waals surface area contributed by atoms with E-state index in [4.69, 9.17) is 9.84 Å². The molecule has 0 aromatic heterocycles. The summed E-state index contributed by atoms with van der Waals surface area (Å²) in [6.45, 7) is -0.878. The molecule has 0 fully saturated rings. The van der Waals surface area contributed by atoms with Gasteiger partial charge < -0.3 is 9.84 Å². The number of nitrogens with zero attached hydrogens (tertiary/aromatic N) is 1. The van der Waals surface area contributed by atoms with Crippen LogP contribution in [0.15, 0.2) is 35.4 Å². The molecule has 136 valence electrons. The summed E-state index contributed by atoms with van der Waals surface area (Å²) in [6, 6.07) is 2.63. The molecule has 1 aromatic carbocycles. The van der Waals surface area contributed by atoms with Crippen molar-refractivity contribution in [2.24, 2.45) is 0 Å². The number of aliphatic hydroxyl groups excluding tert-OH is 1. The van der Waals surface area contributed by atoms with E-state index in [1.807, 2.05) is 0 Å². The lowest BCUT2D eigenvalue weighted by Gasteiger charge is -2.28. The summed E-state index contributed by atoms with van der Waals surface area (Å²) in [5.41, 5.74) is -3.41. The van der Waals surface area contributed by atoms with E-state index < -0.39 is 64.1 Å². The first-order chi connectivity index (χ1) is 11.7. The average molecular weight is 365 g/mol. The van der Waals surface area contributed by atoms with Crippen molar-refractivity contribution in [3.05, 3.63) is 56.9 Å². The summed E-state index contributed by atoms with van der Waals surface area (Å²) in [4.78, 5) is 9.02. The zero-order chi connectivity index (χ0) is 18.9. The van der Waals surface area contributed by atoms with Crippen LogP contribution in [0.3, 0.4) is 0 Å². The Morgan fingerprint density at radius 2 is 2.00 bits per heavy atom. The number of halogens is 5. The van der Waals surface area contributed by atoms with E-state index in [1.54, 1.807) is 0 Å². The van der Waals surface area contributed by atoms with Gasteiger partial charge in [-0.3, -0.25) is 10.1 Å². The van der Waals surface area contributed by atoms with Crippen molar-refractivity contribution in [2.75, 3.05) is 13.7 Å². The molecule has 0 aliphatic heterocycles. The van der Waals surface area contributed by atoms with E-state index in [9.17, 15) is 32.1 Å². The largest absolute Gasteiger partial charge is 0.497 e. The molecule has 1 aromatic rings. The standard InChI is InChI=1S/C15H12F5NO4/c1-25-7-2-3-8(10(16)6-7)11-12(17)9(4-5-22)13(18)15(20,14(11)19)21(23)24/h2-3,6,13,22H,4-5H2,1H3. The van der Waals surface area contributed by atoms with Gasteiger partial charge in [-0.15, -0.1) is 0 Å². The normalized spacial score (nSPS) is 23.9. The first-order valence-electron chi connectivity index (χ1n) is 6.91. The molecule has 0 amide bonds. The van der Waals surface area contributed by atoms with Crippen molar-refractivity contribution in [3.63, 3.8) is 0 Å². The molecule has 1 aliphatic carbocycles. The Morgan fingerprint density at radius 3 is 2.48 bits per heavy atom. The van der Waals surface area contributed by atoms with Gasteiger partial charge in [0, 0.05) is 23.8 Å². The third kappa shape index (κ3) is 2.86. The summed E-state index contributed by atoms with van der Waals surface area (Å²) in [5.74, 6) is -9.80. The van der Waals surface area contributed by atoms with Crippen molar-refractivity contribution in [2.45, 2.75) is 18.4 Å². The van der Waals surface area contributed by atoms with Gasteiger partial charge in [0.25, 0.3) is 0 Å². The molecule has 2 atom stereocenters. The topological polar surface area (TPSA) is 72.6 Å². The Kier molecular flexibility index (Phi) is 5.12. The monoisotopic (exact) mass is 365 g/mol. The van der Waals surface area contributed by atoms with Crippen LogP contribution in [0.4, 0.5) is 22.0 Å². The molecule has 25 heavy (non-hydrogen) atoms. The Labute approximate surface area is 138 Å². The lowest BCUT2D eigenvalue weighted by molar-refractivity contribution is -0.604. The molecule has 0 bridgehead atoms. The predicted octanol–water partition coefficient (Wildman–Crippen LogP) is 3.42. The van der Waals surface area contributed by atoms with Crippen molar-refractivity contribution in [1.29, 1.82) is 0 Å². The zero-order valence-corrected chi connectivity index (χ0v) is 12.7. The molecule has 0 spiro atoms. The molecule has 0 saturated carbocycles. The molecule has 1 N–H and O–H groups in total. The van der Waals surface area contributed by atoms with E-state index in [2.05, 4.69) is 0 Å². The minimum absolute atomic E-state index is 0.0257. The van der Waals surface area contributed by atoms with E-state index in [0.717, 1.165) is 18.2 Å². The highest BCUT2D eigenvalue weighted by Gasteiger charge is 2.63. The van der Waals surface area contributed by atoms with E-state index >= 15 is 0 Å². The third-order valence-corrected chi connectivity index (χ3v) is 3.76. The molecule has 0 saturated heterocycles. The van der Waals surface area contributed by atoms with Crippen LogP contribution in [0, 0.1) is 15.9 Å². The number of nitro groups is 1. The van der Waals surface area contributed by atoms with Crippen LogP contribution >= 0.6 is 0 Å². The van der Waals surface area contributed by atoms with Crippen LogP contribution in [-0.2, 0) is 0 Å². The Bertz CT molecular complexity index is 779. The summed E-state index contributed by atoms with van der Waals surface area (Å²) >= 11 is 0. The zero-order valence-electron chi connectivity index (χ0n) is 12.7. The number of ether oxygens (including phenoxy) is 1. The van der Waals surface area contributed by atoms with Crippen LogP contribution < -0.4 is 4.74 Å². The summed E-state index contributed by atoms with van der Waals surface area (Å²) in [5, 5.41) is 19.8. The van der Waals surface area contributed by atoms with Crippen molar-refractivity contribution in [3.8, 4) is 5.75 Å². The first kappa shape index (κ1) is 18.8. The highest BCUT2D eigenvalue weighted by molar-refractivity contribution is 5.82. The molecular formula is C15H12F5NO4. The SMILES string of the molecule is COc1ccc(C2=C(F)C(F)([N+](=O)[O-])C(F)C(CCO)=C2F)c(F)c1. The maximum absolute atomic E-state index is 14.5. The smallest absolute Gasteiger partial charge is 0.445 e. The van der Waals surface area contributed by atoms with Gasteiger partial charge in [-0.05, 0) is 18.6 Å². The van der Waals surface area contributed by atoms with Crippen molar-refractivity contribution < 1.29 is 36.7 Å². The van der Waals surface area contributed by atoms with Gasteiger partial charge in [0.2, 0.25) is 12.0 Å². The van der Waals surface area contributed by atoms with E-state index in [0.29, 0.717) is 0 Å². The second-order valence-electron chi connectivity index (χ2n) is 5.14. The number of rotatable bonds is 5. The Morgan fingerprint density at radius 1 is 1.36 bits per heavy atom. The molecule has 2 rings (SSSR count). The fourth-order valence-corrected chi connectivity index (χ4v) is 2.48. The maximum Gasteiger partial charge on any atom is 0.445 e. The van der Waals surface area contributed by atoms with Crippen LogP contribution in [0.1, 0.15) is 12.0 Å². The molecule has 1 aliphatic rings. The van der Waals surface area contributed by atoms with Gasteiger partial charge in [0.1, 0.15) is 17.4 Å². The maximum atomic E-state index is 14.5. The van der Waals surface area contributed by atoms with Crippen LogP contribution in [-0.4, -0.2) is 35.7 Å².